The zero-order valence-electron chi connectivity index (χ0n) is 12.0. The molecule has 22 heavy (non-hydrogen) atoms. The quantitative estimate of drug-likeness (QED) is 0.697. The van der Waals surface area contributed by atoms with Crippen molar-refractivity contribution in [2.75, 3.05) is 42.1 Å². The second-order valence-corrected chi connectivity index (χ2v) is 4.92. The molecule has 2 aromatic rings. The lowest BCUT2D eigenvalue weighted by molar-refractivity contribution is 0.112. The van der Waals surface area contributed by atoms with E-state index >= 15 is 0 Å². The number of piperazine rings is 1. The van der Waals surface area contributed by atoms with Crippen molar-refractivity contribution in [1.29, 1.82) is 0 Å². The molecule has 1 fully saturated rings. The Morgan fingerprint density at radius 3 is 2.68 bits per heavy atom. The Balaban J connectivity index is 1.70. The maximum atomic E-state index is 10.7. The van der Waals surface area contributed by atoms with Gasteiger partial charge in [0.25, 0.3) is 0 Å². The molecule has 2 aromatic heterocycles. The van der Waals surface area contributed by atoms with Crippen LogP contribution in [0.4, 0.5) is 23.3 Å². The molecule has 8 nitrogen and oxygen atoms in total. The third-order valence-corrected chi connectivity index (χ3v) is 3.44. The molecule has 0 aromatic carbocycles. The summed E-state index contributed by atoms with van der Waals surface area (Å²) in [5, 5.41) is 6.28. The molecule has 3 heterocycles. The van der Waals surface area contributed by atoms with Gasteiger partial charge in [-0.15, -0.1) is 0 Å². The summed E-state index contributed by atoms with van der Waals surface area (Å²) in [6, 6.07) is 3.87. The summed E-state index contributed by atoms with van der Waals surface area (Å²) in [6.45, 7) is 3.91. The number of aldehydes is 1. The molecule has 0 saturated carbocycles. The van der Waals surface area contributed by atoms with Crippen molar-refractivity contribution < 1.29 is 4.79 Å². The molecule has 0 unspecified atom stereocenters. The molecule has 4 N–H and O–H groups in total. The predicted molar refractivity (Wildman–Crippen MR) is 84.4 cm³/mol. The van der Waals surface area contributed by atoms with Crippen LogP contribution < -0.4 is 21.3 Å². The molecule has 1 saturated heterocycles. The highest BCUT2D eigenvalue weighted by Crippen LogP contribution is 2.18. The van der Waals surface area contributed by atoms with Crippen LogP contribution in [0.3, 0.4) is 0 Å². The van der Waals surface area contributed by atoms with Crippen LogP contribution in [-0.2, 0) is 0 Å². The van der Waals surface area contributed by atoms with Gasteiger partial charge in [-0.05, 0) is 12.1 Å². The van der Waals surface area contributed by atoms with Crippen molar-refractivity contribution in [2.45, 2.75) is 0 Å². The van der Waals surface area contributed by atoms with E-state index in [1.807, 2.05) is 18.3 Å². The monoisotopic (exact) mass is 299 g/mol. The van der Waals surface area contributed by atoms with Gasteiger partial charge in [-0.3, -0.25) is 4.79 Å². The van der Waals surface area contributed by atoms with Gasteiger partial charge in [0.05, 0.1) is 17.4 Å². The highest BCUT2D eigenvalue weighted by atomic mass is 16.1. The zero-order valence-corrected chi connectivity index (χ0v) is 12.0. The molecule has 1 aliphatic rings. The van der Waals surface area contributed by atoms with E-state index in [2.05, 4.69) is 30.5 Å². The SMILES string of the molecule is Nc1nc(Nc2ccc(N3CCNCC3)cn2)ncc1C=O. The van der Waals surface area contributed by atoms with Crippen molar-refractivity contribution in [3.63, 3.8) is 0 Å². The van der Waals surface area contributed by atoms with Gasteiger partial charge in [0.15, 0.2) is 6.29 Å². The fraction of sp³-hybridized carbons (Fsp3) is 0.286. The van der Waals surface area contributed by atoms with Gasteiger partial charge in [0.1, 0.15) is 11.6 Å². The van der Waals surface area contributed by atoms with Gasteiger partial charge < -0.3 is 21.3 Å². The first-order valence-corrected chi connectivity index (χ1v) is 7.03. The summed E-state index contributed by atoms with van der Waals surface area (Å²) in [6.07, 6.45) is 3.82. The van der Waals surface area contributed by atoms with Crippen molar-refractivity contribution >= 4 is 29.6 Å². The third kappa shape index (κ3) is 3.12. The summed E-state index contributed by atoms with van der Waals surface area (Å²) in [7, 11) is 0. The highest BCUT2D eigenvalue weighted by molar-refractivity contribution is 5.81. The summed E-state index contributed by atoms with van der Waals surface area (Å²) in [4.78, 5) is 25.4. The van der Waals surface area contributed by atoms with Crippen molar-refractivity contribution in [3.8, 4) is 0 Å². The molecule has 0 bridgehead atoms. The molecule has 3 rings (SSSR count). The van der Waals surface area contributed by atoms with Crippen molar-refractivity contribution in [1.82, 2.24) is 20.3 Å². The van der Waals surface area contributed by atoms with Gasteiger partial charge in [0.2, 0.25) is 5.95 Å². The zero-order chi connectivity index (χ0) is 15.4. The van der Waals surface area contributed by atoms with E-state index < -0.39 is 0 Å². The molecule has 0 atom stereocenters. The Bertz CT molecular complexity index is 653. The van der Waals surface area contributed by atoms with E-state index in [-0.39, 0.29) is 11.4 Å². The largest absolute Gasteiger partial charge is 0.383 e. The smallest absolute Gasteiger partial charge is 0.230 e. The average molecular weight is 299 g/mol. The molecular formula is C14H17N7O. The van der Waals surface area contributed by atoms with Crippen LogP contribution in [0.15, 0.2) is 24.5 Å². The molecule has 0 amide bonds. The number of nitrogens with two attached hydrogens (primary N) is 1. The fourth-order valence-corrected chi connectivity index (χ4v) is 2.24. The van der Waals surface area contributed by atoms with Crippen LogP contribution in [-0.4, -0.2) is 47.4 Å². The first-order valence-electron chi connectivity index (χ1n) is 7.03. The number of nitrogens with one attached hydrogen (secondary N) is 2. The number of hydrogen-bond donors (Lipinski definition) is 3. The highest BCUT2D eigenvalue weighted by Gasteiger charge is 2.11. The van der Waals surface area contributed by atoms with E-state index in [4.69, 9.17) is 5.73 Å². The number of carbonyl (C=O) groups excluding carboxylic acids is 1. The maximum Gasteiger partial charge on any atom is 0.230 e. The Morgan fingerprint density at radius 2 is 2.05 bits per heavy atom. The van der Waals surface area contributed by atoms with E-state index in [0.717, 1.165) is 31.9 Å². The normalized spacial score (nSPS) is 14.6. The van der Waals surface area contributed by atoms with E-state index in [1.54, 1.807) is 0 Å². The van der Waals surface area contributed by atoms with Gasteiger partial charge in [-0.25, -0.2) is 9.97 Å². The van der Waals surface area contributed by atoms with Gasteiger partial charge in [-0.2, -0.15) is 4.98 Å². The van der Waals surface area contributed by atoms with Gasteiger partial charge in [-0.1, -0.05) is 0 Å². The molecular weight excluding hydrogens is 282 g/mol. The third-order valence-electron chi connectivity index (χ3n) is 3.44. The van der Waals surface area contributed by atoms with Gasteiger partial charge in [0, 0.05) is 32.4 Å². The lowest BCUT2D eigenvalue weighted by Crippen LogP contribution is -2.43. The van der Waals surface area contributed by atoms with Crippen LogP contribution in [0.25, 0.3) is 0 Å². The van der Waals surface area contributed by atoms with Crippen LogP contribution >= 0.6 is 0 Å². The molecule has 1 aliphatic heterocycles. The number of hydrogen-bond acceptors (Lipinski definition) is 8. The first-order chi connectivity index (χ1) is 10.8. The van der Waals surface area contributed by atoms with Crippen molar-refractivity contribution in [2.24, 2.45) is 0 Å². The Labute approximate surface area is 127 Å². The second-order valence-electron chi connectivity index (χ2n) is 4.92. The minimum absolute atomic E-state index is 0.143. The molecule has 0 radical (unpaired) electrons. The minimum atomic E-state index is 0.143. The number of anilines is 4. The van der Waals surface area contributed by atoms with E-state index in [0.29, 0.717) is 18.1 Å². The summed E-state index contributed by atoms with van der Waals surface area (Å²) in [5.41, 5.74) is 7.01. The maximum absolute atomic E-state index is 10.7. The summed E-state index contributed by atoms with van der Waals surface area (Å²) >= 11 is 0. The lowest BCUT2D eigenvalue weighted by atomic mass is 10.3. The van der Waals surface area contributed by atoms with E-state index in [9.17, 15) is 4.79 Å². The summed E-state index contributed by atoms with van der Waals surface area (Å²) < 4.78 is 0. The summed E-state index contributed by atoms with van der Waals surface area (Å²) in [5.74, 6) is 1.08. The van der Waals surface area contributed by atoms with Crippen LogP contribution in [0.2, 0.25) is 0 Å². The number of rotatable bonds is 4. The first kappa shape index (κ1) is 14.2. The van der Waals surface area contributed by atoms with Gasteiger partial charge >= 0.3 is 0 Å². The lowest BCUT2D eigenvalue weighted by Gasteiger charge is -2.29. The Kier molecular flexibility index (Phi) is 4.10. The minimum Gasteiger partial charge on any atom is -0.383 e. The van der Waals surface area contributed by atoms with Crippen LogP contribution in [0, 0.1) is 0 Å². The molecule has 0 aliphatic carbocycles. The number of aromatic nitrogens is 3. The number of pyridine rings is 1. The number of nitrogen functional groups attached to an aromatic ring is 1. The molecule has 114 valence electrons. The van der Waals surface area contributed by atoms with Crippen molar-refractivity contribution in [3.05, 3.63) is 30.1 Å². The standard InChI is InChI=1S/C14H17N7O/c15-13-10(9-22)7-18-14(20-13)19-12-2-1-11(8-17-12)21-5-3-16-4-6-21/h1-2,7-9,16H,3-6H2,(H3,15,17,18,19,20). The molecule has 0 spiro atoms. The number of carbonyl (C=O) groups is 1. The van der Waals surface area contributed by atoms with Crippen LogP contribution in [0.1, 0.15) is 10.4 Å². The topological polar surface area (TPSA) is 109 Å². The average Bonchev–Trinajstić information content (AvgIpc) is 2.57. The van der Waals surface area contributed by atoms with Crippen LogP contribution in [0.5, 0.6) is 0 Å². The van der Waals surface area contributed by atoms with E-state index in [1.165, 1.54) is 6.20 Å². The molecule has 8 heteroatoms. The Hall–Kier alpha value is -2.74. The predicted octanol–water partition coefficient (Wildman–Crippen LogP) is 0.420. The Morgan fingerprint density at radius 1 is 1.23 bits per heavy atom. The second kappa shape index (κ2) is 6.35. The number of nitrogens with zero attached hydrogens (tertiary/aromatic N) is 4. The fourth-order valence-electron chi connectivity index (χ4n) is 2.24.